The number of nitrogens with one attached hydrogen (secondary N) is 1. The first-order valence-corrected chi connectivity index (χ1v) is 6.48. The Morgan fingerprint density at radius 2 is 2.29 bits per heavy atom. The second-order valence-corrected chi connectivity index (χ2v) is 4.59. The summed E-state index contributed by atoms with van der Waals surface area (Å²) in [5.74, 6) is 1.59. The van der Waals surface area contributed by atoms with Crippen molar-refractivity contribution in [1.29, 1.82) is 0 Å². The van der Waals surface area contributed by atoms with Gasteiger partial charge in [0.05, 0.1) is 4.92 Å². The fourth-order valence-electron chi connectivity index (χ4n) is 1.39. The predicted octanol–water partition coefficient (Wildman–Crippen LogP) is 2.25. The molecule has 0 radical (unpaired) electrons. The van der Waals surface area contributed by atoms with Crippen molar-refractivity contribution in [2.45, 2.75) is 12.2 Å². The van der Waals surface area contributed by atoms with Gasteiger partial charge in [-0.15, -0.1) is 0 Å². The highest BCUT2D eigenvalue weighted by Crippen LogP contribution is 2.26. The number of aliphatic hydroxyl groups is 1. The number of benzene rings is 1. The second-order valence-electron chi connectivity index (χ2n) is 3.49. The maximum Gasteiger partial charge on any atom is 0.292 e. The fourth-order valence-corrected chi connectivity index (χ4v) is 2.28. The first kappa shape index (κ1) is 13.8. The molecular weight excluding hydrogens is 240 g/mol. The Labute approximate surface area is 104 Å². The van der Waals surface area contributed by atoms with E-state index in [9.17, 15) is 10.1 Å². The van der Waals surface area contributed by atoms with Gasteiger partial charge < -0.3 is 10.4 Å². The molecule has 5 nitrogen and oxygen atoms in total. The molecule has 1 aromatic rings. The predicted molar refractivity (Wildman–Crippen MR) is 70.5 cm³/mol. The summed E-state index contributed by atoms with van der Waals surface area (Å²) < 4.78 is 0. The van der Waals surface area contributed by atoms with Gasteiger partial charge in [0.2, 0.25) is 0 Å². The van der Waals surface area contributed by atoms with Crippen molar-refractivity contribution in [3.05, 3.63) is 33.9 Å². The van der Waals surface area contributed by atoms with Gasteiger partial charge in [-0.25, -0.2) is 0 Å². The van der Waals surface area contributed by atoms with Crippen molar-refractivity contribution < 1.29 is 10.0 Å². The van der Waals surface area contributed by atoms with E-state index in [1.54, 1.807) is 30.9 Å². The topological polar surface area (TPSA) is 75.4 Å². The van der Waals surface area contributed by atoms with E-state index in [1.807, 2.05) is 6.07 Å². The Morgan fingerprint density at radius 3 is 2.88 bits per heavy atom. The number of nitro benzene ring substituents is 1. The van der Waals surface area contributed by atoms with Crippen LogP contribution < -0.4 is 5.32 Å². The van der Waals surface area contributed by atoms with Crippen molar-refractivity contribution >= 4 is 23.1 Å². The first-order valence-electron chi connectivity index (χ1n) is 5.32. The van der Waals surface area contributed by atoms with Crippen LogP contribution in [0.25, 0.3) is 0 Å². The van der Waals surface area contributed by atoms with Crippen LogP contribution in [0.5, 0.6) is 0 Å². The minimum Gasteiger partial charge on any atom is -0.396 e. The third-order valence-electron chi connectivity index (χ3n) is 2.24. The molecule has 1 rings (SSSR count). The van der Waals surface area contributed by atoms with Gasteiger partial charge in [0.1, 0.15) is 5.69 Å². The summed E-state index contributed by atoms with van der Waals surface area (Å²) in [6.07, 6.45) is 0.751. The van der Waals surface area contributed by atoms with Crippen LogP contribution in [-0.2, 0) is 5.75 Å². The zero-order chi connectivity index (χ0) is 12.7. The highest BCUT2D eigenvalue weighted by atomic mass is 32.2. The van der Waals surface area contributed by atoms with Crippen LogP contribution in [-0.4, -0.2) is 29.4 Å². The molecule has 0 heterocycles. The van der Waals surface area contributed by atoms with Gasteiger partial charge in [-0.1, -0.05) is 6.07 Å². The van der Waals surface area contributed by atoms with Crippen LogP contribution in [0.3, 0.4) is 0 Å². The SMILES string of the molecule is CNc1ccc(CSCCCO)cc1[N+](=O)[O-]. The van der Waals surface area contributed by atoms with Gasteiger partial charge in [0, 0.05) is 25.5 Å². The number of hydrogen-bond donors (Lipinski definition) is 2. The Morgan fingerprint density at radius 1 is 1.53 bits per heavy atom. The summed E-state index contributed by atoms with van der Waals surface area (Å²) >= 11 is 1.66. The quantitative estimate of drug-likeness (QED) is 0.444. The Hall–Kier alpha value is -1.27. The molecule has 0 saturated heterocycles. The number of nitrogens with zero attached hydrogens (tertiary/aromatic N) is 1. The fraction of sp³-hybridized carbons (Fsp3) is 0.455. The van der Waals surface area contributed by atoms with Gasteiger partial charge in [-0.3, -0.25) is 10.1 Å². The minimum absolute atomic E-state index is 0.104. The van der Waals surface area contributed by atoms with Crippen LogP contribution >= 0.6 is 11.8 Å². The zero-order valence-corrected chi connectivity index (χ0v) is 10.5. The lowest BCUT2D eigenvalue weighted by molar-refractivity contribution is -0.384. The van der Waals surface area contributed by atoms with Crippen molar-refractivity contribution in [2.75, 3.05) is 24.7 Å². The molecule has 0 aliphatic rings. The molecule has 1 aromatic carbocycles. The molecule has 0 saturated carbocycles. The maximum absolute atomic E-state index is 10.8. The largest absolute Gasteiger partial charge is 0.396 e. The van der Waals surface area contributed by atoms with E-state index in [0.717, 1.165) is 23.5 Å². The monoisotopic (exact) mass is 256 g/mol. The molecule has 0 aliphatic carbocycles. The van der Waals surface area contributed by atoms with Gasteiger partial charge >= 0.3 is 0 Å². The van der Waals surface area contributed by atoms with Crippen molar-refractivity contribution in [3.63, 3.8) is 0 Å². The molecule has 2 N–H and O–H groups in total. The molecular formula is C11H16N2O3S. The van der Waals surface area contributed by atoms with Crippen LogP contribution in [0.15, 0.2) is 18.2 Å². The molecule has 6 heteroatoms. The van der Waals surface area contributed by atoms with Crippen molar-refractivity contribution in [1.82, 2.24) is 0 Å². The molecule has 17 heavy (non-hydrogen) atoms. The molecule has 0 amide bonds. The normalized spacial score (nSPS) is 10.2. The maximum atomic E-state index is 10.8. The van der Waals surface area contributed by atoms with Crippen molar-refractivity contribution in [3.8, 4) is 0 Å². The van der Waals surface area contributed by atoms with E-state index in [0.29, 0.717) is 5.69 Å². The standard InChI is InChI=1S/C11H16N2O3S/c1-12-10-4-3-9(7-11(10)13(15)16)8-17-6-2-5-14/h3-4,7,12,14H,2,5-6,8H2,1H3. The van der Waals surface area contributed by atoms with E-state index >= 15 is 0 Å². The molecule has 0 aliphatic heterocycles. The van der Waals surface area contributed by atoms with Gasteiger partial charge in [0.15, 0.2) is 0 Å². The molecule has 0 fully saturated rings. The lowest BCUT2D eigenvalue weighted by Crippen LogP contribution is -1.97. The van der Waals surface area contributed by atoms with E-state index in [2.05, 4.69) is 5.32 Å². The number of rotatable bonds is 7. The average Bonchev–Trinajstić information content (AvgIpc) is 2.34. The van der Waals surface area contributed by atoms with Crippen LogP contribution in [0.4, 0.5) is 11.4 Å². The molecule has 94 valence electrons. The van der Waals surface area contributed by atoms with E-state index in [1.165, 1.54) is 0 Å². The molecule has 0 aromatic heterocycles. The van der Waals surface area contributed by atoms with Gasteiger partial charge in [0.25, 0.3) is 5.69 Å². The summed E-state index contributed by atoms with van der Waals surface area (Å²) in [5, 5.41) is 22.3. The third-order valence-corrected chi connectivity index (χ3v) is 3.36. The highest BCUT2D eigenvalue weighted by molar-refractivity contribution is 7.98. The van der Waals surface area contributed by atoms with E-state index in [4.69, 9.17) is 5.11 Å². The number of anilines is 1. The van der Waals surface area contributed by atoms with Crippen LogP contribution in [0.2, 0.25) is 0 Å². The Balaban J connectivity index is 2.68. The van der Waals surface area contributed by atoms with E-state index in [-0.39, 0.29) is 17.2 Å². The minimum atomic E-state index is -0.381. The van der Waals surface area contributed by atoms with Crippen LogP contribution in [0, 0.1) is 10.1 Å². The highest BCUT2D eigenvalue weighted by Gasteiger charge is 2.13. The lowest BCUT2D eigenvalue weighted by Gasteiger charge is -2.05. The van der Waals surface area contributed by atoms with Crippen LogP contribution in [0.1, 0.15) is 12.0 Å². The number of thioether (sulfide) groups is 1. The third kappa shape index (κ3) is 4.24. The smallest absolute Gasteiger partial charge is 0.292 e. The Kier molecular flexibility index (Phi) is 5.79. The summed E-state index contributed by atoms with van der Waals surface area (Å²) in [7, 11) is 1.66. The van der Waals surface area contributed by atoms with Crippen molar-refractivity contribution in [2.24, 2.45) is 0 Å². The summed E-state index contributed by atoms with van der Waals surface area (Å²) in [6, 6.07) is 5.20. The Bertz CT molecular complexity index is 385. The molecule has 0 bridgehead atoms. The molecule has 0 atom stereocenters. The lowest BCUT2D eigenvalue weighted by atomic mass is 10.2. The molecule has 0 spiro atoms. The van der Waals surface area contributed by atoms with Gasteiger partial charge in [-0.05, 0) is 23.8 Å². The number of aliphatic hydroxyl groups excluding tert-OH is 1. The summed E-state index contributed by atoms with van der Waals surface area (Å²) in [6.45, 7) is 0.186. The first-order chi connectivity index (χ1) is 8.19. The number of nitro groups is 1. The summed E-state index contributed by atoms with van der Waals surface area (Å²) in [5.41, 5.74) is 1.56. The second kappa shape index (κ2) is 7.13. The van der Waals surface area contributed by atoms with E-state index < -0.39 is 0 Å². The van der Waals surface area contributed by atoms with Gasteiger partial charge in [-0.2, -0.15) is 11.8 Å². The number of hydrogen-bond acceptors (Lipinski definition) is 5. The molecule has 0 unspecified atom stereocenters. The zero-order valence-electron chi connectivity index (χ0n) is 9.68. The summed E-state index contributed by atoms with van der Waals surface area (Å²) in [4.78, 5) is 10.5. The average molecular weight is 256 g/mol.